The summed E-state index contributed by atoms with van der Waals surface area (Å²) >= 11 is 0. The van der Waals surface area contributed by atoms with Gasteiger partial charge in [0, 0.05) is 23.6 Å². The third kappa shape index (κ3) is 4.00. The molecule has 0 aliphatic heterocycles. The summed E-state index contributed by atoms with van der Waals surface area (Å²) in [5.74, 6) is -1.29. The second-order valence-corrected chi connectivity index (χ2v) is 5.46. The number of hydrogen-bond donors (Lipinski definition) is 2. The lowest BCUT2D eigenvalue weighted by atomic mass is 10.1. The number of benzene rings is 1. The summed E-state index contributed by atoms with van der Waals surface area (Å²) in [7, 11) is 0. The van der Waals surface area contributed by atoms with Gasteiger partial charge in [0.2, 0.25) is 5.91 Å². The average Bonchev–Trinajstić information content (AvgIpc) is 2.89. The van der Waals surface area contributed by atoms with Gasteiger partial charge < -0.3 is 15.0 Å². The van der Waals surface area contributed by atoms with E-state index in [1.165, 1.54) is 0 Å². The van der Waals surface area contributed by atoms with Crippen molar-refractivity contribution in [1.29, 1.82) is 0 Å². The molecule has 1 aromatic heterocycles. The minimum Gasteiger partial charge on any atom is -0.480 e. The highest BCUT2D eigenvalue weighted by Crippen LogP contribution is 2.21. The van der Waals surface area contributed by atoms with Crippen molar-refractivity contribution < 1.29 is 14.7 Å². The van der Waals surface area contributed by atoms with Crippen LogP contribution in [0.3, 0.4) is 0 Å². The average molecular weight is 314 g/mol. The molecule has 0 fully saturated rings. The van der Waals surface area contributed by atoms with Gasteiger partial charge in [-0.15, -0.1) is 6.58 Å². The normalized spacial score (nSPS) is 12.0. The van der Waals surface area contributed by atoms with Crippen molar-refractivity contribution in [3.63, 3.8) is 0 Å². The van der Waals surface area contributed by atoms with Crippen molar-refractivity contribution in [2.45, 2.75) is 38.8 Å². The first-order valence-electron chi connectivity index (χ1n) is 7.76. The van der Waals surface area contributed by atoms with Gasteiger partial charge in [0.1, 0.15) is 6.04 Å². The van der Waals surface area contributed by atoms with E-state index in [9.17, 15) is 14.7 Å². The van der Waals surface area contributed by atoms with Crippen LogP contribution in [0.4, 0.5) is 0 Å². The number of hydrogen-bond acceptors (Lipinski definition) is 2. The number of amides is 1. The lowest BCUT2D eigenvalue weighted by Crippen LogP contribution is -2.41. The molecule has 5 heteroatoms. The molecule has 1 aromatic carbocycles. The Balaban J connectivity index is 2.13. The highest BCUT2D eigenvalue weighted by atomic mass is 16.4. The monoisotopic (exact) mass is 314 g/mol. The molecule has 122 valence electrons. The van der Waals surface area contributed by atoms with Crippen LogP contribution in [0.2, 0.25) is 0 Å². The Bertz CT molecular complexity index is 718. The molecule has 1 heterocycles. The van der Waals surface area contributed by atoms with Crippen LogP contribution in [0.25, 0.3) is 10.9 Å². The number of aryl methyl sites for hydroxylation is 1. The van der Waals surface area contributed by atoms with Gasteiger partial charge in [-0.05, 0) is 31.4 Å². The van der Waals surface area contributed by atoms with E-state index in [2.05, 4.69) is 16.5 Å². The Kier molecular flexibility index (Phi) is 5.57. The van der Waals surface area contributed by atoms with E-state index >= 15 is 0 Å². The second-order valence-electron chi connectivity index (χ2n) is 5.46. The van der Waals surface area contributed by atoms with Gasteiger partial charge in [-0.2, -0.15) is 0 Å². The molecular weight excluding hydrogens is 292 g/mol. The Labute approximate surface area is 135 Å². The lowest BCUT2D eigenvalue weighted by molar-refractivity contribution is -0.141. The lowest BCUT2D eigenvalue weighted by Gasteiger charge is -2.13. The van der Waals surface area contributed by atoms with Crippen LogP contribution in [0.15, 0.2) is 43.1 Å². The van der Waals surface area contributed by atoms with Crippen LogP contribution in [0, 0.1) is 0 Å². The number of carboxylic acids is 1. The fraction of sp³-hybridized carbons (Fsp3) is 0.333. The number of aromatic nitrogens is 1. The molecule has 2 rings (SSSR count). The zero-order chi connectivity index (χ0) is 16.8. The molecule has 23 heavy (non-hydrogen) atoms. The Morgan fingerprint density at radius 3 is 2.78 bits per heavy atom. The standard InChI is InChI=1S/C18H22N2O3/c1-3-5-9-15(18(22)23)19-17(21)11-13-12-20(4-2)16-10-7-6-8-14(13)16/h3,6-8,10,12,15H,1,4-5,9,11H2,2H3,(H,19,21)(H,22,23). The van der Waals surface area contributed by atoms with Crippen LogP contribution >= 0.6 is 0 Å². The van der Waals surface area contributed by atoms with E-state index in [1.807, 2.05) is 37.4 Å². The predicted octanol–water partition coefficient (Wildman–Crippen LogP) is 2.74. The molecule has 0 aliphatic carbocycles. The Morgan fingerprint density at radius 2 is 2.13 bits per heavy atom. The van der Waals surface area contributed by atoms with E-state index in [0.29, 0.717) is 12.8 Å². The summed E-state index contributed by atoms with van der Waals surface area (Å²) in [4.78, 5) is 23.4. The third-order valence-corrected chi connectivity index (χ3v) is 3.86. The summed E-state index contributed by atoms with van der Waals surface area (Å²) in [6.45, 7) is 6.44. The summed E-state index contributed by atoms with van der Waals surface area (Å²) in [6, 6.07) is 7.03. The summed E-state index contributed by atoms with van der Waals surface area (Å²) in [5, 5.41) is 12.8. The van der Waals surface area contributed by atoms with Gasteiger partial charge >= 0.3 is 5.97 Å². The van der Waals surface area contributed by atoms with Crippen molar-refractivity contribution >= 4 is 22.8 Å². The second kappa shape index (κ2) is 7.63. The van der Waals surface area contributed by atoms with Crippen LogP contribution in [0.1, 0.15) is 25.3 Å². The molecule has 0 saturated heterocycles. The molecule has 0 aliphatic rings. The molecule has 0 bridgehead atoms. The molecule has 2 aromatic rings. The number of fused-ring (bicyclic) bond motifs is 1. The number of nitrogens with one attached hydrogen (secondary N) is 1. The number of aliphatic carboxylic acids is 1. The van der Waals surface area contributed by atoms with E-state index in [-0.39, 0.29) is 12.3 Å². The number of carboxylic acid groups (broad SMARTS) is 1. The molecule has 1 unspecified atom stereocenters. The third-order valence-electron chi connectivity index (χ3n) is 3.86. The maximum atomic E-state index is 12.2. The van der Waals surface area contributed by atoms with Gasteiger partial charge in [0.05, 0.1) is 6.42 Å². The summed E-state index contributed by atoms with van der Waals surface area (Å²) < 4.78 is 2.09. The van der Waals surface area contributed by atoms with Crippen LogP contribution in [0.5, 0.6) is 0 Å². The van der Waals surface area contributed by atoms with Gasteiger partial charge in [-0.1, -0.05) is 24.3 Å². The van der Waals surface area contributed by atoms with Gasteiger partial charge in [-0.3, -0.25) is 4.79 Å². The van der Waals surface area contributed by atoms with Crippen molar-refractivity contribution in [3.05, 3.63) is 48.7 Å². The first kappa shape index (κ1) is 16.8. The smallest absolute Gasteiger partial charge is 0.326 e. The zero-order valence-corrected chi connectivity index (χ0v) is 13.3. The minimum atomic E-state index is -1.02. The number of carbonyl (C=O) groups excluding carboxylic acids is 1. The fourth-order valence-electron chi connectivity index (χ4n) is 2.69. The molecule has 1 amide bonds. The van der Waals surface area contributed by atoms with Crippen molar-refractivity contribution in [1.82, 2.24) is 9.88 Å². The zero-order valence-electron chi connectivity index (χ0n) is 13.3. The predicted molar refractivity (Wildman–Crippen MR) is 90.3 cm³/mol. The van der Waals surface area contributed by atoms with Crippen LogP contribution in [-0.2, 0) is 22.6 Å². The van der Waals surface area contributed by atoms with E-state index in [0.717, 1.165) is 23.0 Å². The SMILES string of the molecule is C=CCCC(NC(=O)Cc1cn(CC)c2ccccc12)C(=O)O. The number of rotatable bonds is 8. The Morgan fingerprint density at radius 1 is 1.39 bits per heavy atom. The van der Waals surface area contributed by atoms with E-state index in [1.54, 1.807) is 6.08 Å². The number of nitrogens with zero attached hydrogens (tertiary/aromatic N) is 1. The van der Waals surface area contributed by atoms with Crippen LogP contribution < -0.4 is 5.32 Å². The Hall–Kier alpha value is -2.56. The van der Waals surface area contributed by atoms with Crippen molar-refractivity contribution in [2.24, 2.45) is 0 Å². The topological polar surface area (TPSA) is 71.3 Å². The summed E-state index contributed by atoms with van der Waals surface area (Å²) in [5.41, 5.74) is 1.99. The quantitative estimate of drug-likeness (QED) is 0.736. The maximum Gasteiger partial charge on any atom is 0.326 e. The minimum absolute atomic E-state index is 0.172. The number of para-hydroxylation sites is 1. The fourth-order valence-corrected chi connectivity index (χ4v) is 2.69. The highest BCUT2D eigenvalue weighted by Gasteiger charge is 2.20. The highest BCUT2D eigenvalue weighted by molar-refractivity contribution is 5.91. The molecular formula is C18H22N2O3. The molecule has 0 saturated carbocycles. The van der Waals surface area contributed by atoms with Gasteiger partial charge in [0.25, 0.3) is 0 Å². The van der Waals surface area contributed by atoms with Crippen molar-refractivity contribution in [3.8, 4) is 0 Å². The van der Waals surface area contributed by atoms with Gasteiger partial charge in [0.15, 0.2) is 0 Å². The van der Waals surface area contributed by atoms with Crippen molar-refractivity contribution in [2.75, 3.05) is 0 Å². The maximum absolute atomic E-state index is 12.2. The van der Waals surface area contributed by atoms with E-state index < -0.39 is 12.0 Å². The molecule has 0 spiro atoms. The number of allylic oxidation sites excluding steroid dienone is 1. The summed E-state index contributed by atoms with van der Waals surface area (Å²) in [6.07, 6.45) is 4.68. The molecule has 0 radical (unpaired) electrons. The molecule has 5 nitrogen and oxygen atoms in total. The molecule has 1 atom stereocenters. The van der Waals surface area contributed by atoms with Crippen LogP contribution in [-0.4, -0.2) is 27.6 Å². The molecule has 2 N–H and O–H groups in total. The largest absolute Gasteiger partial charge is 0.480 e. The number of carbonyl (C=O) groups is 2. The van der Waals surface area contributed by atoms with Gasteiger partial charge in [-0.25, -0.2) is 4.79 Å². The first-order valence-corrected chi connectivity index (χ1v) is 7.76. The van der Waals surface area contributed by atoms with E-state index in [4.69, 9.17) is 0 Å². The first-order chi connectivity index (χ1) is 11.1.